The van der Waals surface area contributed by atoms with Crippen LogP contribution in [0.3, 0.4) is 0 Å². The van der Waals surface area contributed by atoms with Gasteiger partial charge in [-0.15, -0.1) is 0 Å². The van der Waals surface area contributed by atoms with E-state index in [1.165, 1.54) is 0 Å². The fourth-order valence-electron chi connectivity index (χ4n) is 1.35. The Balaban J connectivity index is 2.20. The molecule has 3 nitrogen and oxygen atoms in total. The van der Waals surface area contributed by atoms with Crippen molar-refractivity contribution in [2.45, 2.75) is 18.6 Å². The standard InChI is InChI=1S/C13H18N2OS/c1-11(6-7-14)17-9-8-16-13-4-2-12(10-15)3-5-13/h2-5,11H,6-9,14H2,1H3. The molecule has 0 saturated heterocycles. The third kappa shape index (κ3) is 5.62. The first kappa shape index (κ1) is 13.9. The Morgan fingerprint density at radius 1 is 1.41 bits per heavy atom. The molecule has 0 aliphatic rings. The summed E-state index contributed by atoms with van der Waals surface area (Å²) in [4.78, 5) is 0. The predicted octanol–water partition coefficient (Wildman–Crippen LogP) is 2.41. The number of hydrogen-bond donors (Lipinski definition) is 1. The number of nitrogens with zero attached hydrogens (tertiary/aromatic N) is 1. The minimum atomic E-state index is 0.588. The summed E-state index contributed by atoms with van der Waals surface area (Å²) in [5.74, 6) is 1.78. The molecule has 0 heterocycles. The van der Waals surface area contributed by atoms with Gasteiger partial charge in [-0.1, -0.05) is 6.92 Å². The lowest BCUT2D eigenvalue weighted by Crippen LogP contribution is -2.09. The summed E-state index contributed by atoms with van der Waals surface area (Å²) in [7, 11) is 0. The molecule has 1 unspecified atom stereocenters. The van der Waals surface area contributed by atoms with Gasteiger partial charge in [0, 0.05) is 11.0 Å². The Labute approximate surface area is 107 Å². The molecule has 92 valence electrons. The van der Waals surface area contributed by atoms with Crippen LogP contribution in [0.5, 0.6) is 5.75 Å². The first-order valence-electron chi connectivity index (χ1n) is 5.71. The highest BCUT2D eigenvalue weighted by Crippen LogP contribution is 2.15. The third-order valence-electron chi connectivity index (χ3n) is 2.31. The van der Waals surface area contributed by atoms with Crippen molar-refractivity contribution in [1.82, 2.24) is 0 Å². The number of ether oxygens (including phenoxy) is 1. The van der Waals surface area contributed by atoms with Gasteiger partial charge in [0.2, 0.25) is 0 Å². The molecule has 1 aromatic carbocycles. The lowest BCUT2D eigenvalue weighted by Gasteiger charge is -2.10. The van der Waals surface area contributed by atoms with Crippen LogP contribution in [0, 0.1) is 11.3 Å². The molecule has 0 spiro atoms. The van der Waals surface area contributed by atoms with Crippen molar-refractivity contribution in [2.24, 2.45) is 5.73 Å². The van der Waals surface area contributed by atoms with Crippen molar-refractivity contribution < 1.29 is 4.74 Å². The van der Waals surface area contributed by atoms with Gasteiger partial charge in [0.15, 0.2) is 0 Å². The van der Waals surface area contributed by atoms with E-state index < -0.39 is 0 Å². The van der Waals surface area contributed by atoms with Crippen LogP contribution >= 0.6 is 11.8 Å². The smallest absolute Gasteiger partial charge is 0.119 e. The number of nitriles is 1. The third-order valence-corrected chi connectivity index (χ3v) is 3.52. The highest BCUT2D eigenvalue weighted by atomic mass is 32.2. The summed E-state index contributed by atoms with van der Waals surface area (Å²) in [5, 5.41) is 9.24. The summed E-state index contributed by atoms with van der Waals surface area (Å²) in [6.45, 7) is 3.61. The molecule has 0 aromatic heterocycles. The van der Waals surface area contributed by atoms with Crippen molar-refractivity contribution in [3.8, 4) is 11.8 Å². The maximum atomic E-state index is 8.65. The average Bonchev–Trinajstić information content (AvgIpc) is 2.36. The van der Waals surface area contributed by atoms with E-state index >= 15 is 0 Å². The van der Waals surface area contributed by atoms with Crippen molar-refractivity contribution in [3.63, 3.8) is 0 Å². The van der Waals surface area contributed by atoms with Gasteiger partial charge in [-0.2, -0.15) is 17.0 Å². The fraction of sp³-hybridized carbons (Fsp3) is 0.462. The lowest BCUT2D eigenvalue weighted by molar-refractivity contribution is 0.344. The molecule has 4 heteroatoms. The molecule has 0 radical (unpaired) electrons. The number of benzene rings is 1. The maximum absolute atomic E-state index is 8.65. The molecule has 1 atom stereocenters. The minimum absolute atomic E-state index is 0.588. The molecule has 2 N–H and O–H groups in total. The number of rotatable bonds is 7. The first-order valence-corrected chi connectivity index (χ1v) is 6.75. The molecule has 17 heavy (non-hydrogen) atoms. The molecule has 0 aliphatic carbocycles. The lowest BCUT2D eigenvalue weighted by atomic mass is 10.2. The van der Waals surface area contributed by atoms with Crippen molar-refractivity contribution in [1.29, 1.82) is 5.26 Å². The van der Waals surface area contributed by atoms with Gasteiger partial charge in [-0.3, -0.25) is 0 Å². The Bertz CT molecular complexity index is 359. The molecule has 1 rings (SSSR count). The number of thioether (sulfide) groups is 1. The van der Waals surface area contributed by atoms with Gasteiger partial charge in [-0.05, 0) is 37.2 Å². The molecule has 0 amide bonds. The van der Waals surface area contributed by atoms with E-state index in [1.54, 1.807) is 12.1 Å². The van der Waals surface area contributed by atoms with Crippen LogP contribution < -0.4 is 10.5 Å². The highest BCUT2D eigenvalue weighted by Gasteiger charge is 2.01. The van der Waals surface area contributed by atoms with E-state index in [-0.39, 0.29) is 0 Å². The second kappa shape index (κ2) is 7.99. The van der Waals surface area contributed by atoms with E-state index in [4.69, 9.17) is 15.7 Å². The second-order valence-electron chi connectivity index (χ2n) is 3.74. The van der Waals surface area contributed by atoms with Crippen LogP contribution in [0.25, 0.3) is 0 Å². The van der Waals surface area contributed by atoms with Crippen molar-refractivity contribution >= 4 is 11.8 Å². The largest absolute Gasteiger partial charge is 0.493 e. The fourth-order valence-corrected chi connectivity index (χ4v) is 2.24. The Morgan fingerprint density at radius 2 is 2.12 bits per heavy atom. The van der Waals surface area contributed by atoms with E-state index in [0.717, 1.165) is 24.5 Å². The summed E-state index contributed by atoms with van der Waals surface area (Å²) in [6, 6.07) is 9.26. The van der Waals surface area contributed by atoms with Crippen LogP contribution in [0.4, 0.5) is 0 Å². The molecule has 0 bridgehead atoms. The van der Waals surface area contributed by atoms with Gasteiger partial charge >= 0.3 is 0 Å². The summed E-state index contributed by atoms with van der Waals surface area (Å²) in [5.41, 5.74) is 6.14. The zero-order valence-corrected chi connectivity index (χ0v) is 10.9. The zero-order chi connectivity index (χ0) is 12.5. The van der Waals surface area contributed by atoms with E-state index in [1.807, 2.05) is 23.9 Å². The minimum Gasteiger partial charge on any atom is -0.493 e. The second-order valence-corrected chi connectivity index (χ2v) is 5.29. The maximum Gasteiger partial charge on any atom is 0.119 e. The molecule has 0 fully saturated rings. The zero-order valence-electron chi connectivity index (χ0n) is 10.1. The number of hydrogen-bond acceptors (Lipinski definition) is 4. The number of nitrogens with two attached hydrogens (primary N) is 1. The van der Waals surface area contributed by atoms with Crippen molar-refractivity contribution in [2.75, 3.05) is 18.9 Å². The highest BCUT2D eigenvalue weighted by molar-refractivity contribution is 7.99. The van der Waals surface area contributed by atoms with Gasteiger partial charge in [0.1, 0.15) is 5.75 Å². The Morgan fingerprint density at radius 3 is 2.71 bits per heavy atom. The van der Waals surface area contributed by atoms with Gasteiger partial charge in [0.25, 0.3) is 0 Å². The molecule has 1 aromatic rings. The van der Waals surface area contributed by atoms with Crippen LogP contribution in [-0.4, -0.2) is 24.2 Å². The van der Waals surface area contributed by atoms with Crippen LogP contribution in [0.2, 0.25) is 0 Å². The SMILES string of the molecule is CC(CCN)SCCOc1ccc(C#N)cc1. The summed E-state index contributed by atoms with van der Waals surface area (Å²) in [6.07, 6.45) is 1.04. The molecule has 0 saturated carbocycles. The Hall–Kier alpha value is -1.18. The van der Waals surface area contributed by atoms with Crippen LogP contribution in [-0.2, 0) is 0 Å². The normalized spacial score (nSPS) is 11.8. The topological polar surface area (TPSA) is 59.0 Å². The van der Waals surface area contributed by atoms with E-state index in [0.29, 0.717) is 17.4 Å². The molecule has 0 aliphatic heterocycles. The first-order chi connectivity index (χ1) is 8.26. The van der Waals surface area contributed by atoms with Crippen LogP contribution in [0.15, 0.2) is 24.3 Å². The molecular formula is C13H18N2OS. The van der Waals surface area contributed by atoms with E-state index in [2.05, 4.69) is 13.0 Å². The summed E-state index contributed by atoms with van der Waals surface area (Å²) < 4.78 is 5.57. The molecular weight excluding hydrogens is 232 g/mol. The van der Waals surface area contributed by atoms with Gasteiger partial charge in [-0.25, -0.2) is 0 Å². The quantitative estimate of drug-likeness (QED) is 0.755. The van der Waals surface area contributed by atoms with Crippen molar-refractivity contribution in [3.05, 3.63) is 29.8 Å². The summed E-state index contributed by atoms with van der Waals surface area (Å²) >= 11 is 1.87. The Kier molecular flexibility index (Phi) is 6.53. The average molecular weight is 250 g/mol. The predicted molar refractivity (Wildman–Crippen MR) is 72.2 cm³/mol. The van der Waals surface area contributed by atoms with Gasteiger partial charge in [0.05, 0.1) is 18.2 Å². The van der Waals surface area contributed by atoms with E-state index in [9.17, 15) is 0 Å². The van der Waals surface area contributed by atoms with Crippen LogP contribution in [0.1, 0.15) is 18.9 Å². The monoisotopic (exact) mass is 250 g/mol. The van der Waals surface area contributed by atoms with Gasteiger partial charge < -0.3 is 10.5 Å².